The lowest BCUT2D eigenvalue weighted by Gasteiger charge is -2.41. The Morgan fingerprint density at radius 3 is 2.41 bits per heavy atom. The standard InChI is InChI=1S/C32H37Cl2FN6O3/c1-19-18-40(30(43)44-32(5,6)7)15-16-41(19)28(39-29(42)37-24-13-10-14-36-26(24)31(2,3)4)21-17-22(33)25(38-27(21)34)20-11-8-9-12-23(20)35/h8-14,17,19H,15-16,18H2,1-7H3,(H,37,42)/b39-28+/t19-/m0/s1. The van der Waals surface area contributed by atoms with E-state index in [2.05, 4.69) is 20.3 Å². The summed E-state index contributed by atoms with van der Waals surface area (Å²) >= 11 is 13.4. The van der Waals surface area contributed by atoms with Crippen molar-refractivity contribution >= 4 is 46.8 Å². The number of nitrogens with one attached hydrogen (secondary N) is 1. The Bertz CT molecular complexity index is 1580. The van der Waals surface area contributed by atoms with Crippen molar-refractivity contribution in [2.45, 2.75) is 65.5 Å². The van der Waals surface area contributed by atoms with Gasteiger partial charge in [-0.3, -0.25) is 4.98 Å². The molecule has 44 heavy (non-hydrogen) atoms. The summed E-state index contributed by atoms with van der Waals surface area (Å²) in [6.07, 6.45) is 1.24. The van der Waals surface area contributed by atoms with Crippen LogP contribution in [0.25, 0.3) is 11.3 Å². The molecule has 0 saturated carbocycles. The largest absolute Gasteiger partial charge is 0.444 e. The number of ether oxygens (including phenoxy) is 1. The second kappa shape index (κ2) is 13.1. The molecule has 3 heterocycles. The molecule has 1 aliphatic heterocycles. The first-order valence-corrected chi connectivity index (χ1v) is 15.0. The van der Waals surface area contributed by atoms with Gasteiger partial charge < -0.3 is 19.9 Å². The summed E-state index contributed by atoms with van der Waals surface area (Å²) in [6, 6.07) is 10.2. The topological polar surface area (TPSA) is 100 Å². The fraction of sp³-hybridized carbons (Fsp3) is 0.406. The van der Waals surface area contributed by atoms with Crippen LogP contribution in [-0.2, 0) is 10.2 Å². The van der Waals surface area contributed by atoms with E-state index >= 15 is 0 Å². The summed E-state index contributed by atoms with van der Waals surface area (Å²) in [5, 5.41) is 2.97. The van der Waals surface area contributed by atoms with E-state index in [-0.39, 0.29) is 44.3 Å². The maximum atomic E-state index is 14.6. The third-order valence-electron chi connectivity index (χ3n) is 6.82. The fourth-order valence-corrected chi connectivity index (χ4v) is 5.33. The Morgan fingerprint density at radius 2 is 1.77 bits per heavy atom. The minimum absolute atomic E-state index is 0.0160. The van der Waals surface area contributed by atoms with Crippen LogP contribution in [0.2, 0.25) is 10.2 Å². The van der Waals surface area contributed by atoms with Crippen LogP contribution in [0.3, 0.4) is 0 Å². The van der Waals surface area contributed by atoms with Gasteiger partial charge in [0.25, 0.3) is 0 Å². The van der Waals surface area contributed by atoms with E-state index in [1.807, 2.05) is 53.4 Å². The first-order valence-electron chi connectivity index (χ1n) is 14.3. The normalized spacial score (nSPS) is 16.1. The predicted octanol–water partition coefficient (Wildman–Crippen LogP) is 7.81. The lowest BCUT2D eigenvalue weighted by atomic mass is 9.90. The quantitative estimate of drug-likeness (QED) is 0.178. The van der Waals surface area contributed by atoms with Gasteiger partial charge in [-0.05, 0) is 58.0 Å². The van der Waals surface area contributed by atoms with Gasteiger partial charge >= 0.3 is 12.1 Å². The molecule has 1 aliphatic rings. The average molecular weight is 644 g/mol. The number of hydrogen-bond acceptors (Lipinski definition) is 5. The van der Waals surface area contributed by atoms with E-state index in [1.54, 1.807) is 41.4 Å². The molecule has 0 bridgehead atoms. The maximum absolute atomic E-state index is 14.6. The first kappa shape index (κ1) is 33.1. The molecule has 1 saturated heterocycles. The molecule has 0 unspecified atom stereocenters. The molecule has 4 rings (SSSR count). The number of aromatic nitrogens is 2. The molecule has 1 N–H and O–H groups in total. The molecule has 1 atom stereocenters. The van der Waals surface area contributed by atoms with Crippen molar-refractivity contribution in [2.24, 2.45) is 4.99 Å². The van der Waals surface area contributed by atoms with E-state index in [1.165, 1.54) is 12.1 Å². The van der Waals surface area contributed by atoms with Gasteiger partial charge in [-0.1, -0.05) is 56.1 Å². The molecule has 9 nitrogen and oxygen atoms in total. The van der Waals surface area contributed by atoms with E-state index in [0.717, 1.165) is 0 Å². The molecule has 3 amide bonds. The van der Waals surface area contributed by atoms with Crippen molar-refractivity contribution in [1.82, 2.24) is 19.8 Å². The number of piperazine rings is 1. The van der Waals surface area contributed by atoms with E-state index in [4.69, 9.17) is 27.9 Å². The number of pyridine rings is 2. The molecule has 1 aromatic carbocycles. The molecule has 3 aromatic rings. The summed E-state index contributed by atoms with van der Waals surface area (Å²) < 4.78 is 20.2. The summed E-state index contributed by atoms with van der Waals surface area (Å²) in [4.78, 5) is 43.1. The lowest BCUT2D eigenvalue weighted by molar-refractivity contribution is 0.0134. The molecular formula is C32H37Cl2FN6O3. The number of halogens is 3. The number of aliphatic imine (C=N–C) groups is 1. The number of nitrogens with zero attached hydrogens (tertiary/aromatic N) is 5. The lowest BCUT2D eigenvalue weighted by Crippen LogP contribution is -2.56. The summed E-state index contributed by atoms with van der Waals surface area (Å²) in [5.74, 6) is -0.295. The molecular weight excluding hydrogens is 606 g/mol. The zero-order valence-electron chi connectivity index (χ0n) is 25.9. The van der Waals surface area contributed by atoms with E-state index in [0.29, 0.717) is 31.0 Å². The minimum atomic E-state index is -0.661. The van der Waals surface area contributed by atoms with Crippen LogP contribution < -0.4 is 5.32 Å². The first-order chi connectivity index (χ1) is 20.5. The van der Waals surface area contributed by atoms with Crippen molar-refractivity contribution in [3.63, 3.8) is 0 Å². The number of rotatable bonds is 3. The molecule has 2 aromatic heterocycles. The number of benzene rings is 1. The maximum Gasteiger partial charge on any atom is 0.410 e. The van der Waals surface area contributed by atoms with Gasteiger partial charge in [0, 0.05) is 42.9 Å². The van der Waals surface area contributed by atoms with Crippen LogP contribution in [0.4, 0.5) is 19.7 Å². The number of carbonyl (C=O) groups is 2. The van der Waals surface area contributed by atoms with Gasteiger partial charge in [-0.15, -0.1) is 0 Å². The number of carbonyl (C=O) groups excluding carboxylic acids is 2. The predicted molar refractivity (Wildman–Crippen MR) is 172 cm³/mol. The molecule has 234 valence electrons. The number of anilines is 1. The zero-order valence-corrected chi connectivity index (χ0v) is 27.4. The van der Waals surface area contributed by atoms with E-state index < -0.39 is 23.5 Å². The Kier molecular flexibility index (Phi) is 9.85. The van der Waals surface area contributed by atoms with Crippen molar-refractivity contribution in [1.29, 1.82) is 0 Å². The monoisotopic (exact) mass is 642 g/mol. The molecule has 0 radical (unpaired) electrons. The minimum Gasteiger partial charge on any atom is -0.444 e. The van der Waals surface area contributed by atoms with Crippen LogP contribution in [0, 0.1) is 5.82 Å². The summed E-state index contributed by atoms with van der Waals surface area (Å²) in [5.41, 5.74) is 0.868. The Balaban J connectivity index is 1.74. The van der Waals surface area contributed by atoms with E-state index in [9.17, 15) is 14.0 Å². The van der Waals surface area contributed by atoms with Gasteiger partial charge in [-0.25, -0.2) is 19.0 Å². The van der Waals surface area contributed by atoms with Crippen LogP contribution in [0.1, 0.15) is 59.7 Å². The Hall–Kier alpha value is -3.76. The highest BCUT2D eigenvalue weighted by Gasteiger charge is 2.33. The smallest absolute Gasteiger partial charge is 0.410 e. The van der Waals surface area contributed by atoms with Crippen molar-refractivity contribution in [3.8, 4) is 11.3 Å². The fourth-order valence-electron chi connectivity index (χ4n) is 4.85. The highest BCUT2D eigenvalue weighted by molar-refractivity contribution is 6.36. The highest BCUT2D eigenvalue weighted by atomic mass is 35.5. The van der Waals surface area contributed by atoms with Crippen molar-refractivity contribution < 1.29 is 18.7 Å². The molecule has 12 heteroatoms. The summed E-state index contributed by atoms with van der Waals surface area (Å²) in [6.45, 7) is 14.2. The van der Waals surface area contributed by atoms with Crippen molar-refractivity contribution in [2.75, 3.05) is 25.0 Å². The van der Waals surface area contributed by atoms with Crippen LogP contribution >= 0.6 is 23.2 Å². The SMILES string of the molecule is C[C@H]1CN(C(=O)OC(C)(C)C)CCN1/C(=N/C(=O)Nc1cccnc1C(C)(C)C)c1cc(Cl)c(-c2ccccc2F)nc1Cl. The number of urea groups is 1. The van der Waals surface area contributed by atoms with Gasteiger partial charge in [0.1, 0.15) is 22.4 Å². The number of amidine groups is 1. The van der Waals surface area contributed by atoms with Crippen LogP contribution in [0.5, 0.6) is 0 Å². The molecule has 0 spiro atoms. The van der Waals surface area contributed by atoms with Gasteiger partial charge in [0.05, 0.1) is 27.7 Å². The van der Waals surface area contributed by atoms with Gasteiger partial charge in [-0.2, -0.15) is 4.99 Å². The summed E-state index contributed by atoms with van der Waals surface area (Å²) in [7, 11) is 0. The van der Waals surface area contributed by atoms with Crippen LogP contribution in [-0.4, -0.2) is 69.0 Å². The van der Waals surface area contributed by atoms with Gasteiger partial charge in [0.2, 0.25) is 0 Å². The average Bonchev–Trinajstić information content (AvgIpc) is 2.92. The van der Waals surface area contributed by atoms with Crippen LogP contribution in [0.15, 0.2) is 53.7 Å². The molecule has 1 fully saturated rings. The van der Waals surface area contributed by atoms with Gasteiger partial charge in [0.15, 0.2) is 0 Å². The zero-order chi connectivity index (χ0) is 32.4. The second-order valence-electron chi connectivity index (χ2n) is 12.6. The number of hydrogen-bond donors (Lipinski definition) is 1. The van der Waals surface area contributed by atoms with Crippen molar-refractivity contribution in [3.05, 3.63) is 75.9 Å². The second-order valence-corrected chi connectivity index (χ2v) is 13.4. The molecule has 0 aliphatic carbocycles. The highest BCUT2D eigenvalue weighted by Crippen LogP contribution is 2.33. The third kappa shape index (κ3) is 7.84. The Labute approximate surface area is 267 Å². The Morgan fingerprint density at radius 1 is 1.07 bits per heavy atom. The third-order valence-corrected chi connectivity index (χ3v) is 7.39. The number of amides is 3.